The molecular formula is C24H30O8. The highest BCUT2D eigenvalue weighted by Crippen LogP contribution is 2.63. The normalized spacial score (nSPS) is 40.1. The molecular weight excluding hydrogens is 416 g/mol. The van der Waals surface area contributed by atoms with Gasteiger partial charge in [-0.15, -0.1) is 0 Å². The van der Waals surface area contributed by atoms with Gasteiger partial charge < -0.3 is 24.4 Å². The van der Waals surface area contributed by atoms with E-state index in [1.807, 2.05) is 6.92 Å². The van der Waals surface area contributed by atoms with Crippen LogP contribution in [-0.4, -0.2) is 60.0 Å². The number of esters is 2. The Labute approximate surface area is 186 Å². The van der Waals surface area contributed by atoms with E-state index in [1.54, 1.807) is 13.8 Å². The van der Waals surface area contributed by atoms with Crippen molar-refractivity contribution in [3.8, 4) is 0 Å². The van der Waals surface area contributed by atoms with E-state index in [-0.39, 0.29) is 23.7 Å². The van der Waals surface area contributed by atoms with Crippen molar-refractivity contribution in [3.05, 3.63) is 34.1 Å². The van der Waals surface area contributed by atoms with Crippen molar-refractivity contribution in [2.75, 3.05) is 13.7 Å². The predicted octanol–water partition coefficient (Wildman–Crippen LogP) is 2.31. The lowest BCUT2D eigenvalue weighted by atomic mass is 9.53. The molecule has 6 atom stereocenters. The van der Waals surface area contributed by atoms with E-state index in [0.717, 1.165) is 0 Å². The van der Waals surface area contributed by atoms with Gasteiger partial charge in [0.05, 0.1) is 23.7 Å². The largest absolute Gasteiger partial charge is 0.504 e. The molecule has 1 aliphatic heterocycles. The lowest BCUT2D eigenvalue weighted by Crippen LogP contribution is -2.57. The van der Waals surface area contributed by atoms with Crippen molar-refractivity contribution in [3.63, 3.8) is 0 Å². The molecule has 8 nitrogen and oxygen atoms in total. The van der Waals surface area contributed by atoms with Crippen molar-refractivity contribution in [2.45, 2.75) is 65.3 Å². The Hall–Kier alpha value is -2.45. The van der Waals surface area contributed by atoms with Crippen molar-refractivity contribution in [1.82, 2.24) is 0 Å². The van der Waals surface area contributed by atoms with Crippen LogP contribution in [0.5, 0.6) is 0 Å². The summed E-state index contributed by atoms with van der Waals surface area (Å²) < 4.78 is 16.8. The van der Waals surface area contributed by atoms with Gasteiger partial charge in [-0.2, -0.15) is 0 Å². The molecule has 0 spiro atoms. The summed E-state index contributed by atoms with van der Waals surface area (Å²) in [6.07, 6.45) is 0.587. The molecule has 3 aliphatic carbocycles. The van der Waals surface area contributed by atoms with E-state index in [0.29, 0.717) is 30.4 Å². The SMILES string of the molecule is C/C=C1/C(=O)OC(COC)C2(C)C1=C(O)C(=O)C1=C2C(OC(C)=O)CC2(C)C(O)CCC12. The minimum absolute atomic E-state index is 0.0261. The van der Waals surface area contributed by atoms with Crippen molar-refractivity contribution >= 4 is 17.7 Å². The third-order valence-electron chi connectivity index (χ3n) is 7.94. The van der Waals surface area contributed by atoms with Crippen molar-refractivity contribution < 1.29 is 38.8 Å². The number of carbonyl (C=O) groups excluding carboxylic acids is 3. The predicted molar refractivity (Wildman–Crippen MR) is 112 cm³/mol. The zero-order chi connectivity index (χ0) is 23.6. The number of Topliss-reactive ketones (excluding diaryl/α,β-unsaturated/α-hetero) is 1. The van der Waals surface area contributed by atoms with E-state index in [1.165, 1.54) is 20.1 Å². The van der Waals surface area contributed by atoms with Crippen LogP contribution in [0, 0.1) is 16.7 Å². The highest BCUT2D eigenvalue weighted by atomic mass is 16.6. The smallest absolute Gasteiger partial charge is 0.338 e. The van der Waals surface area contributed by atoms with Crippen LogP contribution in [-0.2, 0) is 28.6 Å². The lowest BCUT2D eigenvalue weighted by molar-refractivity contribution is -0.160. The molecule has 174 valence electrons. The van der Waals surface area contributed by atoms with Gasteiger partial charge in [0.25, 0.3) is 0 Å². The summed E-state index contributed by atoms with van der Waals surface area (Å²) in [5.74, 6) is -2.56. The topological polar surface area (TPSA) is 119 Å². The van der Waals surface area contributed by atoms with Gasteiger partial charge in [-0.1, -0.05) is 13.0 Å². The number of carbonyl (C=O) groups is 3. The number of cyclic esters (lactones) is 1. The molecule has 4 rings (SSSR count). The van der Waals surface area contributed by atoms with Crippen molar-refractivity contribution in [2.24, 2.45) is 16.7 Å². The average Bonchev–Trinajstić information content (AvgIpc) is 3.01. The molecule has 0 bridgehead atoms. The maximum atomic E-state index is 13.6. The summed E-state index contributed by atoms with van der Waals surface area (Å²) >= 11 is 0. The Morgan fingerprint density at radius 3 is 2.56 bits per heavy atom. The number of hydrogen-bond donors (Lipinski definition) is 2. The molecule has 0 aromatic rings. The van der Waals surface area contributed by atoms with Gasteiger partial charge in [0.1, 0.15) is 12.2 Å². The third kappa shape index (κ3) is 2.85. The van der Waals surface area contributed by atoms with Crippen LogP contribution < -0.4 is 0 Å². The molecule has 0 radical (unpaired) electrons. The van der Waals surface area contributed by atoms with Gasteiger partial charge in [-0.05, 0) is 44.6 Å². The summed E-state index contributed by atoms with van der Waals surface area (Å²) in [5.41, 5.74) is -0.640. The number of fused-ring (bicyclic) bond motifs is 4. The van der Waals surface area contributed by atoms with Crippen LogP contribution in [0.2, 0.25) is 0 Å². The van der Waals surface area contributed by atoms with Gasteiger partial charge in [0, 0.05) is 30.6 Å². The molecule has 4 aliphatic rings. The van der Waals surface area contributed by atoms with E-state index in [2.05, 4.69) is 0 Å². The van der Waals surface area contributed by atoms with Crippen LogP contribution >= 0.6 is 0 Å². The van der Waals surface area contributed by atoms with Crippen LogP contribution in [0.4, 0.5) is 0 Å². The summed E-state index contributed by atoms with van der Waals surface area (Å²) in [4.78, 5) is 38.4. The standard InChI is InChI=1S/C24H30O8/c1-6-12-18-21(28)20(27)17-13-7-8-15(26)23(13,3)9-14(31-11(2)25)19(17)24(18,4)16(10-30-5)32-22(12)29/h6,13-16,26,28H,7-10H2,1-5H3/b12-6+. The number of allylic oxidation sites excluding steroid dienone is 2. The summed E-state index contributed by atoms with van der Waals surface area (Å²) in [6, 6.07) is 0. The van der Waals surface area contributed by atoms with Gasteiger partial charge >= 0.3 is 11.9 Å². The van der Waals surface area contributed by atoms with Gasteiger partial charge in [-0.25, -0.2) is 4.79 Å². The average molecular weight is 446 g/mol. The molecule has 1 saturated heterocycles. The maximum absolute atomic E-state index is 13.6. The minimum atomic E-state index is -1.14. The molecule has 0 amide bonds. The first-order chi connectivity index (χ1) is 15.0. The Morgan fingerprint density at radius 2 is 1.97 bits per heavy atom. The number of aliphatic hydroxyl groups excluding tert-OH is 2. The molecule has 2 fully saturated rings. The zero-order valence-corrected chi connectivity index (χ0v) is 19.1. The van der Waals surface area contributed by atoms with E-state index in [4.69, 9.17) is 14.2 Å². The molecule has 1 saturated carbocycles. The number of ketones is 1. The highest BCUT2D eigenvalue weighted by molar-refractivity contribution is 6.13. The first-order valence-corrected chi connectivity index (χ1v) is 11.0. The lowest BCUT2D eigenvalue weighted by Gasteiger charge is -2.54. The molecule has 2 N–H and O–H groups in total. The fourth-order valence-corrected chi connectivity index (χ4v) is 6.42. The second kappa shape index (κ2) is 7.56. The highest BCUT2D eigenvalue weighted by Gasteiger charge is 2.64. The minimum Gasteiger partial charge on any atom is -0.504 e. The van der Waals surface area contributed by atoms with E-state index in [9.17, 15) is 24.6 Å². The first kappa shape index (κ1) is 22.7. The Balaban J connectivity index is 2.03. The van der Waals surface area contributed by atoms with Gasteiger partial charge in [0.15, 0.2) is 5.76 Å². The number of rotatable bonds is 3. The molecule has 0 aromatic heterocycles. The number of hydrogen-bond acceptors (Lipinski definition) is 8. The fraction of sp³-hybridized carbons (Fsp3) is 0.625. The number of aliphatic hydroxyl groups is 2. The zero-order valence-electron chi connectivity index (χ0n) is 19.1. The Morgan fingerprint density at radius 1 is 1.28 bits per heavy atom. The molecule has 32 heavy (non-hydrogen) atoms. The summed E-state index contributed by atoms with van der Waals surface area (Å²) in [6.45, 7) is 6.65. The molecule has 1 heterocycles. The van der Waals surface area contributed by atoms with Gasteiger partial charge in [0.2, 0.25) is 5.78 Å². The monoisotopic (exact) mass is 446 g/mol. The molecule has 8 heteroatoms. The first-order valence-electron chi connectivity index (χ1n) is 11.0. The molecule has 0 aromatic carbocycles. The number of ether oxygens (including phenoxy) is 3. The third-order valence-corrected chi connectivity index (χ3v) is 7.94. The summed E-state index contributed by atoms with van der Waals surface area (Å²) in [5, 5.41) is 21.9. The Bertz CT molecular complexity index is 988. The summed E-state index contributed by atoms with van der Waals surface area (Å²) in [7, 11) is 1.48. The van der Waals surface area contributed by atoms with Crippen LogP contribution in [0.3, 0.4) is 0 Å². The second-order valence-electron chi connectivity index (χ2n) is 9.59. The van der Waals surface area contributed by atoms with Crippen molar-refractivity contribution in [1.29, 1.82) is 0 Å². The fourth-order valence-electron chi connectivity index (χ4n) is 6.42. The quantitative estimate of drug-likeness (QED) is 0.501. The van der Waals surface area contributed by atoms with Crippen LogP contribution in [0.1, 0.15) is 47.0 Å². The number of methoxy groups -OCH3 is 1. The van der Waals surface area contributed by atoms with Crippen LogP contribution in [0.25, 0.3) is 0 Å². The van der Waals surface area contributed by atoms with E-state index < -0.39 is 52.6 Å². The Kier molecular flexibility index (Phi) is 5.37. The second-order valence-corrected chi connectivity index (χ2v) is 9.59. The molecule has 6 unspecified atom stereocenters. The van der Waals surface area contributed by atoms with E-state index >= 15 is 0 Å². The maximum Gasteiger partial charge on any atom is 0.338 e. The van der Waals surface area contributed by atoms with Gasteiger partial charge in [-0.3, -0.25) is 9.59 Å². The van der Waals surface area contributed by atoms with Crippen LogP contribution in [0.15, 0.2) is 34.1 Å².